The maximum Gasteiger partial charge on any atom is 0.191 e. The monoisotopic (exact) mass is 490 g/mol. The van der Waals surface area contributed by atoms with Crippen LogP contribution in [0.15, 0.2) is 29.3 Å². The first-order chi connectivity index (χ1) is 12.8. The summed E-state index contributed by atoms with van der Waals surface area (Å²) >= 11 is 0. The van der Waals surface area contributed by atoms with Gasteiger partial charge in [-0.15, -0.1) is 24.0 Å². The zero-order valence-corrected chi connectivity index (χ0v) is 19.2. The van der Waals surface area contributed by atoms with Crippen molar-refractivity contribution >= 4 is 35.6 Å². The molecule has 0 saturated heterocycles. The van der Waals surface area contributed by atoms with Crippen LogP contribution in [0.2, 0.25) is 0 Å². The maximum atomic E-state index is 5.47. The Kier molecular flexibility index (Phi) is 12.4. The highest BCUT2D eigenvalue weighted by Gasteiger charge is 2.24. The number of fused-ring (bicyclic) bond motifs is 1. The minimum Gasteiger partial charge on any atom is -0.382 e. The van der Waals surface area contributed by atoms with Crippen LogP contribution in [0.3, 0.4) is 0 Å². The van der Waals surface area contributed by atoms with Crippen LogP contribution in [-0.4, -0.2) is 65.1 Å². The molecule has 27 heavy (non-hydrogen) atoms. The van der Waals surface area contributed by atoms with Gasteiger partial charge >= 0.3 is 0 Å². The van der Waals surface area contributed by atoms with Crippen LogP contribution >= 0.6 is 24.0 Å². The zero-order valence-electron chi connectivity index (χ0n) is 16.9. The van der Waals surface area contributed by atoms with E-state index in [1.165, 1.54) is 11.3 Å². The number of ether oxygens (including phenoxy) is 2. The first kappa shape index (κ1) is 24.0. The number of anilines is 1. The minimum atomic E-state index is 0. The van der Waals surface area contributed by atoms with Crippen molar-refractivity contribution in [3.63, 3.8) is 0 Å². The molecule has 1 atom stereocenters. The number of aliphatic imine (C=N–C) groups is 1. The molecule has 0 fully saturated rings. The van der Waals surface area contributed by atoms with Crippen molar-refractivity contribution < 1.29 is 9.47 Å². The third kappa shape index (κ3) is 8.23. The topological polar surface area (TPSA) is 58.1 Å². The Morgan fingerprint density at radius 3 is 2.81 bits per heavy atom. The van der Waals surface area contributed by atoms with Crippen molar-refractivity contribution in [1.82, 2.24) is 10.6 Å². The lowest BCUT2D eigenvalue weighted by atomic mass is 10.1. The average molecular weight is 490 g/mol. The fourth-order valence-corrected chi connectivity index (χ4v) is 3.21. The van der Waals surface area contributed by atoms with Gasteiger partial charge in [-0.3, -0.25) is 4.99 Å². The quantitative estimate of drug-likeness (QED) is 0.216. The van der Waals surface area contributed by atoms with Gasteiger partial charge in [0, 0.05) is 51.6 Å². The molecule has 1 aliphatic heterocycles. The molecule has 0 spiro atoms. The summed E-state index contributed by atoms with van der Waals surface area (Å²) in [6.45, 7) is 9.85. The molecule has 2 N–H and O–H groups in total. The van der Waals surface area contributed by atoms with Gasteiger partial charge in [-0.1, -0.05) is 18.2 Å². The molecule has 2 rings (SSSR count). The van der Waals surface area contributed by atoms with Crippen molar-refractivity contribution in [3.05, 3.63) is 29.8 Å². The van der Waals surface area contributed by atoms with E-state index in [2.05, 4.69) is 58.6 Å². The standard InChI is InChI=1S/C20H34N4O2.HI/c1-4-21-20(22-10-7-13-26-15-14-25-3)23-11-12-24-17(2)16-18-8-5-6-9-19(18)24;/h5-6,8-9,17H,4,7,10-16H2,1-3H3,(H2,21,22,23);1H. The maximum absolute atomic E-state index is 5.47. The van der Waals surface area contributed by atoms with Crippen molar-refractivity contribution in [1.29, 1.82) is 0 Å². The minimum absolute atomic E-state index is 0. The van der Waals surface area contributed by atoms with E-state index in [9.17, 15) is 0 Å². The Morgan fingerprint density at radius 2 is 2.04 bits per heavy atom. The Labute approximate surface area is 181 Å². The first-order valence-corrected chi connectivity index (χ1v) is 9.69. The number of guanidine groups is 1. The molecule has 154 valence electrons. The van der Waals surface area contributed by atoms with E-state index in [0.29, 0.717) is 25.9 Å². The van der Waals surface area contributed by atoms with Crippen molar-refractivity contribution in [2.75, 3.05) is 58.0 Å². The number of rotatable bonds is 11. The number of halogens is 1. The third-order valence-corrected chi connectivity index (χ3v) is 4.49. The van der Waals surface area contributed by atoms with Crippen molar-refractivity contribution in [2.45, 2.75) is 32.7 Å². The summed E-state index contributed by atoms with van der Waals surface area (Å²) in [5.41, 5.74) is 2.82. The smallest absolute Gasteiger partial charge is 0.191 e. The molecular weight excluding hydrogens is 455 g/mol. The second-order valence-electron chi connectivity index (χ2n) is 6.52. The summed E-state index contributed by atoms with van der Waals surface area (Å²) in [6, 6.07) is 9.26. The molecule has 1 aromatic rings. The van der Waals surface area contributed by atoms with Gasteiger partial charge in [0.2, 0.25) is 0 Å². The fraction of sp³-hybridized carbons (Fsp3) is 0.650. The fourth-order valence-electron chi connectivity index (χ4n) is 3.21. The normalized spacial score (nSPS) is 16.0. The summed E-state index contributed by atoms with van der Waals surface area (Å²) in [4.78, 5) is 7.11. The summed E-state index contributed by atoms with van der Waals surface area (Å²) in [7, 11) is 1.68. The van der Waals surface area contributed by atoms with Gasteiger partial charge in [0.25, 0.3) is 0 Å². The molecule has 0 radical (unpaired) electrons. The molecule has 0 saturated carbocycles. The Morgan fingerprint density at radius 1 is 1.22 bits per heavy atom. The van der Waals surface area contributed by atoms with Gasteiger partial charge < -0.3 is 25.0 Å². The highest BCUT2D eigenvalue weighted by atomic mass is 127. The summed E-state index contributed by atoms with van der Waals surface area (Å²) in [5, 5.41) is 6.76. The number of hydrogen-bond acceptors (Lipinski definition) is 4. The van der Waals surface area contributed by atoms with Crippen LogP contribution < -0.4 is 15.5 Å². The molecule has 1 heterocycles. The predicted octanol–water partition coefficient (Wildman–Crippen LogP) is 2.66. The van der Waals surface area contributed by atoms with E-state index >= 15 is 0 Å². The number of nitrogens with zero attached hydrogens (tertiary/aromatic N) is 2. The average Bonchev–Trinajstić information content (AvgIpc) is 2.96. The Balaban J connectivity index is 0.00000364. The van der Waals surface area contributed by atoms with E-state index < -0.39 is 0 Å². The summed E-state index contributed by atoms with van der Waals surface area (Å²) in [6.07, 6.45) is 2.05. The highest BCUT2D eigenvalue weighted by molar-refractivity contribution is 14.0. The molecule has 0 bridgehead atoms. The molecule has 0 aliphatic carbocycles. The lowest BCUT2D eigenvalue weighted by molar-refractivity contribution is 0.0702. The van der Waals surface area contributed by atoms with E-state index in [1.54, 1.807) is 7.11 Å². The number of para-hydroxylation sites is 1. The van der Waals surface area contributed by atoms with Crippen LogP contribution in [0.1, 0.15) is 25.8 Å². The van der Waals surface area contributed by atoms with Gasteiger partial charge in [-0.2, -0.15) is 0 Å². The molecule has 7 heteroatoms. The van der Waals surface area contributed by atoms with Crippen molar-refractivity contribution in [2.24, 2.45) is 4.99 Å². The molecular formula is C20H35IN4O2. The summed E-state index contributed by atoms with van der Waals surface area (Å²) in [5.74, 6) is 0.879. The Hall–Kier alpha value is -1.06. The van der Waals surface area contributed by atoms with Gasteiger partial charge in [0.15, 0.2) is 5.96 Å². The van der Waals surface area contributed by atoms with Gasteiger partial charge in [-0.25, -0.2) is 0 Å². The lowest BCUT2D eigenvalue weighted by Gasteiger charge is -2.25. The largest absolute Gasteiger partial charge is 0.382 e. The summed E-state index contributed by atoms with van der Waals surface area (Å²) < 4.78 is 10.4. The molecule has 1 aliphatic rings. The van der Waals surface area contributed by atoms with Crippen LogP contribution in [0, 0.1) is 0 Å². The van der Waals surface area contributed by atoms with Gasteiger partial charge in [0.05, 0.1) is 13.2 Å². The van der Waals surface area contributed by atoms with E-state index in [-0.39, 0.29) is 24.0 Å². The Bertz CT molecular complexity index is 557. The molecule has 0 amide bonds. The third-order valence-electron chi connectivity index (χ3n) is 4.49. The number of nitrogens with one attached hydrogen (secondary N) is 2. The van der Waals surface area contributed by atoms with Crippen LogP contribution in [-0.2, 0) is 15.9 Å². The van der Waals surface area contributed by atoms with E-state index in [0.717, 1.165) is 45.0 Å². The molecule has 0 aromatic heterocycles. The van der Waals surface area contributed by atoms with Crippen molar-refractivity contribution in [3.8, 4) is 0 Å². The molecule has 6 nitrogen and oxygen atoms in total. The van der Waals surface area contributed by atoms with Crippen LogP contribution in [0.4, 0.5) is 5.69 Å². The number of benzene rings is 1. The van der Waals surface area contributed by atoms with Crippen LogP contribution in [0.5, 0.6) is 0 Å². The second-order valence-corrected chi connectivity index (χ2v) is 6.52. The number of hydrogen-bond donors (Lipinski definition) is 2. The predicted molar refractivity (Wildman–Crippen MR) is 124 cm³/mol. The lowest BCUT2D eigenvalue weighted by Crippen LogP contribution is -2.43. The van der Waals surface area contributed by atoms with E-state index in [1.807, 2.05) is 0 Å². The van der Waals surface area contributed by atoms with Crippen LogP contribution in [0.25, 0.3) is 0 Å². The number of methoxy groups -OCH3 is 1. The first-order valence-electron chi connectivity index (χ1n) is 9.69. The van der Waals surface area contributed by atoms with Gasteiger partial charge in [-0.05, 0) is 38.3 Å². The molecule has 1 unspecified atom stereocenters. The van der Waals surface area contributed by atoms with Gasteiger partial charge in [0.1, 0.15) is 0 Å². The molecule has 1 aromatic carbocycles. The SMILES string of the molecule is CCNC(=NCCCOCCOC)NCCN1c2ccccc2CC1C.I. The van der Waals surface area contributed by atoms with E-state index in [4.69, 9.17) is 9.47 Å². The second kappa shape index (κ2) is 14.0. The highest BCUT2D eigenvalue weighted by Crippen LogP contribution is 2.31. The zero-order chi connectivity index (χ0) is 18.6.